The van der Waals surface area contributed by atoms with Gasteiger partial charge in [-0.2, -0.15) is 0 Å². The minimum Gasteiger partial charge on any atom is -0.478 e. The number of carbonyl (C=O) groups is 1. The minimum atomic E-state index is -0.961. The quantitative estimate of drug-likeness (QED) is 0.671. The first-order valence-corrected chi connectivity index (χ1v) is 5.76. The van der Waals surface area contributed by atoms with E-state index >= 15 is 0 Å². The number of hydrogen-bond acceptors (Lipinski definition) is 2. The van der Waals surface area contributed by atoms with E-state index in [9.17, 15) is 4.79 Å². The van der Waals surface area contributed by atoms with Gasteiger partial charge in [-0.3, -0.25) is 0 Å². The highest BCUT2D eigenvalue weighted by Gasteiger charge is 2.05. The van der Waals surface area contributed by atoms with Crippen molar-refractivity contribution in [3.63, 3.8) is 0 Å². The van der Waals surface area contributed by atoms with Gasteiger partial charge in [0.15, 0.2) is 0 Å². The summed E-state index contributed by atoms with van der Waals surface area (Å²) in [6, 6.07) is 3.80. The van der Waals surface area contributed by atoms with E-state index in [1.807, 2.05) is 12.1 Å². The zero-order valence-electron chi connectivity index (χ0n) is 8.27. The van der Waals surface area contributed by atoms with E-state index in [1.165, 1.54) is 0 Å². The number of halogens is 1. The Bertz CT molecular complexity index is 560. The molecule has 2 rings (SSSR count). The summed E-state index contributed by atoms with van der Waals surface area (Å²) in [4.78, 5) is 17.7. The van der Waals surface area contributed by atoms with Crippen LogP contribution in [0.4, 0.5) is 0 Å². The average Bonchev–Trinajstić information content (AvgIpc) is 2.74. The number of aromatic amines is 1. The monoisotopic (exact) mass is 280 g/mol. The van der Waals surface area contributed by atoms with Crippen molar-refractivity contribution in [2.24, 2.45) is 0 Å². The predicted molar refractivity (Wildman–Crippen MR) is 65.4 cm³/mol. The first kappa shape index (κ1) is 10.9. The Balaban J connectivity index is 2.55. The predicted octanol–water partition coefficient (Wildman–Crippen LogP) is 2.56. The summed E-state index contributed by atoms with van der Waals surface area (Å²) < 4.78 is 0. The van der Waals surface area contributed by atoms with E-state index in [0.29, 0.717) is 0 Å². The van der Waals surface area contributed by atoms with Crippen molar-refractivity contribution in [2.45, 2.75) is 5.33 Å². The Kier molecular flexibility index (Phi) is 3.05. The summed E-state index contributed by atoms with van der Waals surface area (Å²) in [5, 5.41) is 9.30. The zero-order chi connectivity index (χ0) is 11.5. The molecule has 0 aliphatic rings. The second-order valence-corrected chi connectivity index (χ2v) is 3.81. The molecule has 2 aromatic rings. The highest BCUT2D eigenvalue weighted by atomic mass is 79.9. The van der Waals surface area contributed by atoms with Gasteiger partial charge in [-0.25, -0.2) is 9.78 Å². The molecule has 0 bridgehead atoms. The standard InChI is InChI=1S/C11H9BrN2O2/c12-5-8-2-1-7(3-4-9(15)16)10-11(8)14-6-13-10/h1-4,6H,5H2,(H,13,14)(H,15,16)/b4-3+. The van der Waals surface area contributed by atoms with Gasteiger partial charge in [-0.1, -0.05) is 28.1 Å². The zero-order valence-corrected chi connectivity index (χ0v) is 9.86. The van der Waals surface area contributed by atoms with Crippen LogP contribution in [0.3, 0.4) is 0 Å². The first-order valence-electron chi connectivity index (χ1n) is 4.64. The summed E-state index contributed by atoms with van der Waals surface area (Å²) in [5.41, 5.74) is 3.61. The maximum absolute atomic E-state index is 10.4. The molecule has 0 saturated heterocycles. The van der Waals surface area contributed by atoms with E-state index in [0.717, 1.165) is 33.6 Å². The van der Waals surface area contributed by atoms with E-state index in [1.54, 1.807) is 12.4 Å². The highest BCUT2D eigenvalue weighted by molar-refractivity contribution is 9.08. The molecule has 0 aliphatic carbocycles. The van der Waals surface area contributed by atoms with Gasteiger partial charge in [0.2, 0.25) is 0 Å². The van der Waals surface area contributed by atoms with Gasteiger partial charge in [0.1, 0.15) is 0 Å². The smallest absolute Gasteiger partial charge is 0.328 e. The molecule has 82 valence electrons. The first-order chi connectivity index (χ1) is 7.72. The van der Waals surface area contributed by atoms with Gasteiger partial charge >= 0.3 is 5.97 Å². The molecule has 4 nitrogen and oxygen atoms in total. The van der Waals surface area contributed by atoms with Crippen LogP contribution >= 0.6 is 15.9 Å². The van der Waals surface area contributed by atoms with Crippen LogP contribution in [0.1, 0.15) is 11.1 Å². The second-order valence-electron chi connectivity index (χ2n) is 3.25. The van der Waals surface area contributed by atoms with Crippen LogP contribution in [-0.4, -0.2) is 21.0 Å². The lowest BCUT2D eigenvalue weighted by Gasteiger charge is -2.00. The molecule has 1 aromatic heterocycles. The number of fused-ring (bicyclic) bond motifs is 1. The summed E-state index contributed by atoms with van der Waals surface area (Å²) in [6.45, 7) is 0. The molecule has 16 heavy (non-hydrogen) atoms. The van der Waals surface area contributed by atoms with E-state index in [2.05, 4.69) is 25.9 Å². The van der Waals surface area contributed by atoms with Crippen LogP contribution in [0, 0.1) is 0 Å². The number of H-pyrrole nitrogens is 1. The molecule has 0 saturated carbocycles. The molecule has 1 heterocycles. The third-order valence-corrected chi connectivity index (χ3v) is 2.85. The van der Waals surface area contributed by atoms with Gasteiger partial charge in [-0.15, -0.1) is 0 Å². The SMILES string of the molecule is O=C(O)/C=C/c1ccc(CBr)c2nc[nH]c12. The summed E-state index contributed by atoms with van der Waals surface area (Å²) in [6.07, 6.45) is 4.28. The molecule has 0 unspecified atom stereocenters. The Labute approximate surface area is 100 Å². The van der Waals surface area contributed by atoms with Gasteiger partial charge in [-0.05, 0) is 11.6 Å². The normalized spacial score (nSPS) is 11.3. The largest absolute Gasteiger partial charge is 0.478 e. The van der Waals surface area contributed by atoms with Gasteiger partial charge in [0.05, 0.1) is 17.4 Å². The Morgan fingerprint density at radius 1 is 1.56 bits per heavy atom. The lowest BCUT2D eigenvalue weighted by Crippen LogP contribution is -1.88. The topological polar surface area (TPSA) is 66.0 Å². The third kappa shape index (κ3) is 1.99. The molecule has 0 aliphatic heterocycles. The highest BCUT2D eigenvalue weighted by Crippen LogP contribution is 2.22. The van der Waals surface area contributed by atoms with Crippen molar-refractivity contribution < 1.29 is 9.90 Å². The van der Waals surface area contributed by atoms with Crippen molar-refractivity contribution in [1.82, 2.24) is 9.97 Å². The van der Waals surface area contributed by atoms with E-state index in [4.69, 9.17) is 5.11 Å². The van der Waals surface area contributed by atoms with Crippen LogP contribution in [0.25, 0.3) is 17.1 Å². The average molecular weight is 281 g/mol. The molecular weight excluding hydrogens is 272 g/mol. The second kappa shape index (κ2) is 4.49. The number of nitrogens with one attached hydrogen (secondary N) is 1. The number of hydrogen-bond donors (Lipinski definition) is 2. The van der Waals surface area contributed by atoms with Crippen molar-refractivity contribution in [1.29, 1.82) is 0 Å². The number of rotatable bonds is 3. The Morgan fingerprint density at radius 2 is 2.38 bits per heavy atom. The fraction of sp³-hybridized carbons (Fsp3) is 0.0909. The third-order valence-electron chi connectivity index (χ3n) is 2.25. The molecule has 0 amide bonds. The van der Waals surface area contributed by atoms with Gasteiger partial charge < -0.3 is 10.1 Å². The number of benzene rings is 1. The van der Waals surface area contributed by atoms with Crippen molar-refractivity contribution >= 4 is 39.0 Å². The maximum atomic E-state index is 10.4. The van der Waals surface area contributed by atoms with Crippen LogP contribution in [-0.2, 0) is 10.1 Å². The molecular formula is C11H9BrN2O2. The summed E-state index contributed by atoms with van der Waals surface area (Å²) in [7, 11) is 0. The minimum absolute atomic E-state index is 0.720. The fourth-order valence-electron chi connectivity index (χ4n) is 1.52. The lowest BCUT2D eigenvalue weighted by molar-refractivity contribution is -0.131. The molecule has 2 N–H and O–H groups in total. The lowest BCUT2D eigenvalue weighted by atomic mass is 10.1. The van der Waals surface area contributed by atoms with Gasteiger partial charge in [0.25, 0.3) is 0 Å². The molecule has 1 aromatic carbocycles. The Hall–Kier alpha value is -1.62. The molecule has 5 heteroatoms. The molecule has 0 fully saturated rings. The number of alkyl halides is 1. The van der Waals surface area contributed by atoms with E-state index in [-0.39, 0.29) is 0 Å². The number of imidazole rings is 1. The van der Waals surface area contributed by atoms with Crippen LogP contribution in [0.15, 0.2) is 24.5 Å². The van der Waals surface area contributed by atoms with Gasteiger partial charge in [0, 0.05) is 17.0 Å². The number of aromatic nitrogens is 2. The molecule has 0 spiro atoms. The number of aliphatic carboxylic acids is 1. The van der Waals surface area contributed by atoms with E-state index < -0.39 is 5.97 Å². The summed E-state index contributed by atoms with van der Waals surface area (Å²) >= 11 is 3.38. The summed E-state index contributed by atoms with van der Waals surface area (Å²) in [5.74, 6) is -0.961. The number of carboxylic acid groups (broad SMARTS) is 1. The van der Waals surface area contributed by atoms with Crippen LogP contribution < -0.4 is 0 Å². The molecule has 0 radical (unpaired) electrons. The maximum Gasteiger partial charge on any atom is 0.328 e. The van der Waals surface area contributed by atoms with Crippen molar-refractivity contribution in [3.05, 3.63) is 35.7 Å². The van der Waals surface area contributed by atoms with Crippen LogP contribution in [0.2, 0.25) is 0 Å². The van der Waals surface area contributed by atoms with Crippen LogP contribution in [0.5, 0.6) is 0 Å². The van der Waals surface area contributed by atoms with Crippen molar-refractivity contribution in [3.8, 4) is 0 Å². The number of nitrogens with zero attached hydrogens (tertiary/aromatic N) is 1. The fourth-order valence-corrected chi connectivity index (χ4v) is 1.97. The van der Waals surface area contributed by atoms with Crippen molar-refractivity contribution in [2.75, 3.05) is 0 Å². The molecule has 0 atom stereocenters. The number of carboxylic acids is 1. The Morgan fingerprint density at radius 3 is 3.06 bits per heavy atom.